The van der Waals surface area contributed by atoms with E-state index < -0.39 is 16.3 Å². The fourth-order valence-electron chi connectivity index (χ4n) is 4.79. The fraction of sp³-hybridized carbons (Fsp3) is 0.480. The van der Waals surface area contributed by atoms with Crippen LogP contribution in [0.3, 0.4) is 0 Å². The number of nitrogens with zero attached hydrogens (tertiary/aromatic N) is 3. The molecule has 1 unspecified atom stereocenters. The SMILES string of the molecule is CC(O)N1c2ccc(-c3ccc(N4CCCS4(=O)=O)cc3)c(OCC(=O)N(C)C)c2CC[C@@H]1C. The summed E-state index contributed by atoms with van der Waals surface area (Å²) in [7, 11) is 0.133. The molecule has 2 heterocycles. The number of carbonyl (C=O) groups excluding carboxylic acids is 1. The number of ether oxygens (including phenoxy) is 1. The number of sulfonamides is 1. The highest BCUT2D eigenvalue weighted by molar-refractivity contribution is 7.93. The Morgan fingerprint density at radius 1 is 1.21 bits per heavy atom. The standard InChI is InChI=1S/C25H33N3O5S/c1-17-6-11-22-23(28(17)18(2)29)13-12-21(25(22)33-16-24(30)26(3)4)19-7-9-20(10-8-19)27-14-5-15-34(27,31)32/h7-10,12-13,17-18,29H,5-6,11,14-16H2,1-4H3/t17-,18?/m0/s1. The predicted octanol–water partition coefficient (Wildman–Crippen LogP) is 2.84. The maximum absolute atomic E-state index is 12.3. The van der Waals surface area contributed by atoms with Crippen molar-refractivity contribution in [1.29, 1.82) is 0 Å². The third-order valence-electron chi connectivity index (χ3n) is 6.61. The molecule has 2 atom stereocenters. The van der Waals surface area contributed by atoms with Gasteiger partial charge in [0.25, 0.3) is 5.91 Å². The van der Waals surface area contributed by atoms with Gasteiger partial charge in [0.15, 0.2) is 6.61 Å². The minimum Gasteiger partial charge on any atom is -0.483 e. The van der Waals surface area contributed by atoms with E-state index in [1.54, 1.807) is 21.0 Å². The number of aliphatic hydroxyl groups excluding tert-OH is 1. The lowest BCUT2D eigenvalue weighted by Crippen LogP contribution is -2.43. The first-order valence-electron chi connectivity index (χ1n) is 11.7. The van der Waals surface area contributed by atoms with E-state index >= 15 is 0 Å². The first kappa shape index (κ1) is 24.3. The number of likely N-dealkylation sites (N-methyl/N-ethyl adjacent to an activating group) is 1. The van der Waals surface area contributed by atoms with Crippen LogP contribution in [0, 0.1) is 0 Å². The lowest BCUT2D eigenvalue weighted by atomic mass is 9.91. The Morgan fingerprint density at radius 3 is 2.50 bits per heavy atom. The van der Waals surface area contributed by atoms with E-state index in [2.05, 4.69) is 6.92 Å². The van der Waals surface area contributed by atoms with Gasteiger partial charge in [-0.25, -0.2) is 8.42 Å². The second kappa shape index (κ2) is 9.46. The van der Waals surface area contributed by atoms with Crippen LogP contribution in [0.15, 0.2) is 36.4 Å². The van der Waals surface area contributed by atoms with E-state index in [-0.39, 0.29) is 24.3 Å². The van der Waals surface area contributed by atoms with Crippen molar-refractivity contribution < 1.29 is 23.1 Å². The quantitative estimate of drug-likeness (QED) is 0.674. The normalized spacial score (nSPS) is 20.1. The minimum atomic E-state index is -3.25. The van der Waals surface area contributed by atoms with Crippen LogP contribution in [0.4, 0.5) is 11.4 Å². The van der Waals surface area contributed by atoms with E-state index in [4.69, 9.17) is 4.74 Å². The van der Waals surface area contributed by atoms with Gasteiger partial charge in [0.05, 0.1) is 11.4 Å². The van der Waals surface area contributed by atoms with Gasteiger partial charge in [0, 0.05) is 43.5 Å². The summed E-state index contributed by atoms with van der Waals surface area (Å²) in [6.45, 7) is 4.24. The Balaban J connectivity index is 1.75. The predicted molar refractivity (Wildman–Crippen MR) is 134 cm³/mol. The Morgan fingerprint density at radius 2 is 1.91 bits per heavy atom. The number of anilines is 2. The molecule has 8 nitrogen and oxygen atoms in total. The monoisotopic (exact) mass is 487 g/mol. The van der Waals surface area contributed by atoms with E-state index in [1.807, 2.05) is 41.3 Å². The highest BCUT2D eigenvalue weighted by Crippen LogP contribution is 2.44. The summed E-state index contributed by atoms with van der Waals surface area (Å²) >= 11 is 0. The number of aliphatic hydroxyl groups is 1. The summed E-state index contributed by atoms with van der Waals surface area (Å²) in [5.74, 6) is 0.664. The molecule has 2 aromatic carbocycles. The number of hydrogen-bond acceptors (Lipinski definition) is 6. The van der Waals surface area contributed by atoms with Crippen LogP contribution >= 0.6 is 0 Å². The molecule has 2 aliphatic heterocycles. The van der Waals surface area contributed by atoms with Crippen LogP contribution in [0.1, 0.15) is 32.3 Å². The van der Waals surface area contributed by atoms with Crippen LogP contribution < -0.4 is 13.9 Å². The number of benzene rings is 2. The summed E-state index contributed by atoms with van der Waals surface area (Å²) < 4.78 is 32.2. The molecule has 2 aliphatic rings. The van der Waals surface area contributed by atoms with Gasteiger partial charge in [-0.3, -0.25) is 9.10 Å². The molecule has 0 saturated carbocycles. The molecule has 0 aromatic heterocycles. The maximum Gasteiger partial charge on any atom is 0.259 e. The van der Waals surface area contributed by atoms with Crippen LogP contribution in [-0.4, -0.2) is 69.6 Å². The van der Waals surface area contributed by atoms with Crippen molar-refractivity contribution in [2.45, 2.75) is 45.4 Å². The number of rotatable bonds is 6. The lowest BCUT2D eigenvalue weighted by molar-refractivity contribution is -0.130. The van der Waals surface area contributed by atoms with Crippen molar-refractivity contribution in [3.05, 3.63) is 42.0 Å². The molecule has 4 rings (SSSR count). The summed E-state index contributed by atoms with van der Waals surface area (Å²) in [4.78, 5) is 15.8. The zero-order valence-corrected chi connectivity index (χ0v) is 21.0. The molecule has 184 valence electrons. The Labute approximate surface area is 201 Å². The Kier molecular flexibility index (Phi) is 6.78. The van der Waals surface area contributed by atoms with Gasteiger partial charge in [-0.1, -0.05) is 12.1 Å². The molecule has 9 heteroatoms. The molecular weight excluding hydrogens is 454 g/mol. The number of fused-ring (bicyclic) bond motifs is 1. The summed E-state index contributed by atoms with van der Waals surface area (Å²) in [5, 5.41) is 10.4. The zero-order chi connectivity index (χ0) is 24.6. The van der Waals surface area contributed by atoms with Crippen LogP contribution in [0.25, 0.3) is 11.1 Å². The molecule has 0 radical (unpaired) electrons. The third-order valence-corrected chi connectivity index (χ3v) is 8.48. The molecule has 2 aromatic rings. The van der Waals surface area contributed by atoms with Crippen molar-refractivity contribution in [3.63, 3.8) is 0 Å². The highest BCUT2D eigenvalue weighted by atomic mass is 32.2. The molecule has 0 bridgehead atoms. The molecule has 1 N–H and O–H groups in total. The van der Waals surface area contributed by atoms with Crippen molar-refractivity contribution >= 4 is 27.3 Å². The van der Waals surface area contributed by atoms with Gasteiger partial charge in [0.1, 0.15) is 12.0 Å². The third kappa shape index (κ3) is 4.59. The van der Waals surface area contributed by atoms with Crippen LogP contribution in [-0.2, 0) is 21.2 Å². The lowest BCUT2D eigenvalue weighted by Gasteiger charge is -2.40. The van der Waals surface area contributed by atoms with Gasteiger partial charge in [-0.2, -0.15) is 0 Å². The van der Waals surface area contributed by atoms with Crippen molar-refractivity contribution in [2.24, 2.45) is 0 Å². The van der Waals surface area contributed by atoms with Crippen molar-refractivity contribution in [2.75, 3.05) is 42.2 Å². The first-order valence-corrected chi connectivity index (χ1v) is 13.3. The maximum atomic E-state index is 12.3. The van der Waals surface area contributed by atoms with E-state index in [9.17, 15) is 18.3 Å². The molecule has 1 saturated heterocycles. The second-order valence-corrected chi connectivity index (χ2v) is 11.2. The number of amides is 1. The number of hydrogen-bond donors (Lipinski definition) is 1. The summed E-state index contributed by atoms with van der Waals surface area (Å²) in [6, 6.07) is 11.5. The molecule has 0 aliphatic carbocycles. The van der Waals surface area contributed by atoms with Crippen molar-refractivity contribution in [3.8, 4) is 16.9 Å². The summed E-state index contributed by atoms with van der Waals surface area (Å²) in [5.41, 5.74) is 4.23. The largest absolute Gasteiger partial charge is 0.483 e. The zero-order valence-electron chi connectivity index (χ0n) is 20.2. The average Bonchev–Trinajstić information content (AvgIpc) is 3.15. The van der Waals surface area contributed by atoms with Gasteiger partial charge >= 0.3 is 0 Å². The highest BCUT2D eigenvalue weighted by Gasteiger charge is 2.31. The van der Waals surface area contributed by atoms with E-state index in [0.29, 0.717) is 24.4 Å². The molecule has 1 fully saturated rings. The smallest absolute Gasteiger partial charge is 0.259 e. The van der Waals surface area contributed by atoms with Gasteiger partial charge in [-0.05, 0) is 62.9 Å². The molecular formula is C25H33N3O5S. The van der Waals surface area contributed by atoms with Gasteiger partial charge in [-0.15, -0.1) is 0 Å². The number of carbonyl (C=O) groups is 1. The topological polar surface area (TPSA) is 90.4 Å². The Hall–Kier alpha value is -2.78. The molecule has 0 spiro atoms. The average molecular weight is 488 g/mol. The van der Waals surface area contributed by atoms with E-state index in [0.717, 1.165) is 35.2 Å². The van der Waals surface area contributed by atoms with Crippen LogP contribution in [0.2, 0.25) is 0 Å². The van der Waals surface area contributed by atoms with Crippen LogP contribution in [0.5, 0.6) is 5.75 Å². The second-order valence-electron chi connectivity index (χ2n) is 9.23. The summed E-state index contributed by atoms with van der Waals surface area (Å²) in [6.07, 6.45) is 1.59. The van der Waals surface area contributed by atoms with Gasteiger partial charge in [0.2, 0.25) is 10.0 Å². The minimum absolute atomic E-state index is 0.0925. The molecule has 1 amide bonds. The van der Waals surface area contributed by atoms with Crippen molar-refractivity contribution in [1.82, 2.24) is 4.90 Å². The molecule has 34 heavy (non-hydrogen) atoms. The fourth-order valence-corrected chi connectivity index (χ4v) is 6.36. The van der Waals surface area contributed by atoms with E-state index in [1.165, 1.54) is 9.21 Å². The first-order chi connectivity index (χ1) is 16.1. The Bertz CT molecular complexity index is 1160. The van der Waals surface area contributed by atoms with Gasteiger partial charge < -0.3 is 19.6 Å².